The summed E-state index contributed by atoms with van der Waals surface area (Å²) in [6.45, 7) is 14.7. The molecular formula is C27H46O3S. The van der Waals surface area contributed by atoms with Crippen molar-refractivity contribution < 1.29 is 12.6 Å². The lowest BCUT2D eigenvalue weighted by atomic mass is 10.0. The third-order valence-electron chi connectivity index (χ3n) is 5.22. The first kappa shape index (κ1) is 29.6. The van der Waals surface area contributed by atoms with Crippen molar-refractivity contribution in [1.82, 2.24) is 0 Å². The summed E-state index contributed by atoms with van der Waals surface area (Å²) in [5.74, 6) is 0.0166. The van der Waals surface area contributed by atoms with Crippen LogP contribution in [0.4, 0.5) is 0 Å². The molecule has 0 atom stereocenters. The van der Waals surface area contributed by atoms with Gasteiger partial charge in [0.25, 0.3) is 10.1 Å². The van der Waals surface area contributed by atoms with E-state index in [4.69, 9.17) is 4.18 Å². The molecule has 0 heterocycles. The summed E-state index contributed by atoms with van der Waals surface area (Å²) in [7, 11) is -3.35. The van der Waals surface area contributed by atoms with Gasteiger partial charge in [0, 0.05) is 0 Å². The molecule has 31 heavy (non-hydrogen) atoms. The fraction of sp³-hybridized carbons (Fsp3) is 0.630. The molecular weight excluding hydrogens is 404 g/mol. The maximum Gasteiger partial charge on any atom is 0.267 e. The highest BCUT2D eigenvalue weighted by molar-refractivity contribution is 7.86. The van der Waals surface area contributed by atoms with Gasteiger partial charge in [0.2, 0.25) is 0 Å². The molecule has 0 rings (SSSR count). The molecule has 0 N–H and O–H groups in total. The van der Waals surface area contributed by atoms with Crippen LogP contribution in [0.25, 0.3) is 0 Å². The second kappa shape index (κ2) is 17.2. The van der Waals surface area contributed by atoms with Crippen LogP contribution < -0.4 is 0 Å². The van der Waals surface area contributed by atoms with Crippen LogP contribution in [0.3, 0.4) is 0 Å². The van der Waals surface area contributed by atoms with Crippen LogP contribution in [0.2, 0.25) is 0 Å². The van der Waals surface area contributed by atoms with Crippen LogP contribution in [-0.4, -0.2) is 20.8 Å². The van der Waals surface area contributed by atoms with Crippen LogP contribution in [0.15, 0.2) is 58.2 Å². The zero-order valence-electron chi connectivity index (χ0n) is 21.1. The molecule has 0 aliphatic carbocycles. The smallest absolute Gasteiger partial charge is 0.266 e. The fourth-order valence-electron chi connectivity index (χ4n) is 3.00. The van der Waals surface area contributed by atoms with E-state index < -0.39 is 10.1 Å². The highest BCUT2D eigenvalue weighted by Crippen LogP contribution is 2.14. The Balaban J connectivity index is 4.13. The van der Waals surface area contributed by atoms with Gasteiger partial charge in [0.05, 0.1) is 12.4 Å². The predicted octanol–water partition coefficient (Wildman–Crippen LogP) is 8.22. The average molecular weight is 451 g/mol. The van der Waals surface area contributed by atoms with Crippen molar-refractivity contribution >= 4 is 10.1 Å². The van der Waals surface area contributed by atoms with Gasteiger partial charge in [0.15, 0.2) is 0 Å². The number of allylic oxidation sites excluding steroid dienone is 9. The van der Waals surface area contributed by atoms with Gasteiger partial charge in [-0.15, -0.1) is 0 Å². The molecule has 0 radical (unpaired) electrons. The van der Waals surface area contributed by atoms with Crippen molar-refractivity contribution in [3.63, 3.8) is 0 Å². The minimum atomic E-state index is -3.35. The molecule has 4 heteroatoms. The Kier molecular flexibility index (Phi) is 16.4. The second-order valence-corrected chi connectivity index (χ2v) is 10.7. The summed E-state index contributed by atoms with van der Waals surface area (Å²) in [4.78, 5) is 0. The molecule has 0 bridgehead atoms. The van der Waals surface area contributed by atoms with Gasteiger partial charge in [-0.1, -0.05) is 58.2 Å². The van der Waals surface area contributed by atoms with Gasteiger partial charge < -0.3 is 0 Å². The first-order chi connectivity index (χ1) is 14.6. The second-order valence-electron chi connectivity index (χ2n) is 8.77. The normalized spacial score (nSPS) is 14.2. The van der Waals surface area contributed by atoms with Crippen molar-refractivity contribution in [2.45, 2.75) is 99.8 Å². The van der Waals surface area contributed by atoms with E-state index in [-0.39, 0.29) is 12.4 Å². The molecule has 0 aliphatic heterocycles. The largest absolute Gasteiger partial charge is 0.267 e. The Hall–Kier alpha value is -1.39. The average Bonchev–Trinajstić information content (AvgIpc) is 2.67. The molecule has 0 saturated carbocycles. The van der Waals surface area contributed by atoms with E-state index in [2.05, 4.69) is 58.9 Å². The minimum absolute atomic E-state index is 0.0166. The van der Waals surface area contributed by atoms with E-state index in [0.717, 1.165) is 56.9 Å². The SMILES string of the molecule is CCS(=O)(=O)OCC=C(C)CCC=C(C)CCC=C(C)CCC=C(C)CCC=C(C)C. The Labute approximate surface area is 193 Å². The zero-order valence-corrected chi connectivity index (χ0v) is 21.9. The van der Waals surface area contributed by atoms with E-state index in [0.29, 0.717) is 0 Å². The van der Waals surface area contributed by atoms with E-state index in [1.807, 2.05) is 13.0 Å². The van der Waals surface area contributed by atoms with Crippen molar-refractivity contribution in [3.05, 3.63) is 58.2 Å². The van der Waals surface area contributed by atoms with Crippen LogP contribution >= 0.6 is 0 Å². The van der Waals surface area contributed by atoms with E-state index in [9.17, 15) is 8.42 Å². The van der Waals surface area contributed by atoms with E-state index >= 15 is 0 Å². The lowest BCUT2D eigenvalue weighted by Crippen LogP contribution is -2.08. The molecule has 3 nitrogen and oxygen atoms in total. The standard InChI is InChI=1S/C27H46O3S/c1-8-31(28,29)30-22-21-27(7)20-12-19-26(6)18-11-17-25(5)16-10-15-24(4)14-9-13-23(2)3/h13,15,17,19,21H,8-12,14,16,18,20,22H2,1-7H3. The summed E-state index contributed by atoms with van der Waals surface area (Å²) < 4.78 is 27.5. The lowest BCUT2D eigenvalue weighted by molar-refractivity contribution is 0.357. The Morgan fingerprint density at radius 1 is 0.613 bits per heavy atom. The Morgan fingerprint density at radius 3 is 1.32 bits per heavy atom. The van der Waals surface area contributed by atoms with Gasteiger partial charge in [-0.25, -0.2) is 0 Å². The maximum atomic E-state index is 11.3. The van der Waals surface area contributed by atoms with Crippen LogP contribution in [-0.2, 0) is 14.3 Å². The van der Waals surface area contributed by atoms with E-state index in [1.165, 1.54) is 22.3 Å². The topological polar surface area (TPSA) is 43.4 Å². The molecule has 0 aromatic heterocycles. The van der Waals surface area contributed by atoms with Gasteiger partial charge in [0.1, 0.15) is 0 Å². The summed E-state index contributed by atoms with van der Waals surface area (Å²) in [5.41, 5.74) is 6.94. The first-order valence-corrected chi connectivity index (χ1v) is 13.3. The van der Waals surface area contributed by atoms with Crippen molar-refractivity contribution in [2.75, 3.05) is 12.4 Å². The number of hydrogen-bond acceptors (Lipinski definition) is 3. The van der Waals surface area contributed by atoms with Gasteiger partial charge in [-0.3, -0.25) is 4.18 Å². The zero-order chi connectivity index (χ0) is 23.7. The fourth-order valence-corrected chi connectivity index (χ4v) is 3.44. The van der Waals surface area contributed by atoms with Crippen LogP contribution in [0.1, 0.15) is 99.8 Å². The van der Waals surface area contributed by atoms with Crippen LogP contribution in [0.5, 0.6) is 0 Å². The van der Waals surface area contributed by atoms with E-state index in [1.54, 1.807) is 6.92 Å². The van der Waals surface area contributed by atoms with Crippen molar-refractivity contribution in [1.29, 1.82) is 0 Å². The summed E-state index contributed by atoms with van der Waals surface area (Å²) in [6.07, 6.45) is 19.9. The highest BCUT2D eigenvalue weighted by atomic mass is 32.2. The number of rotatable bonds is 16. The predicted molar refractivity (Wildman–Crippen MR) is 137 cm³/mol. The van der Waals surface area contributed by atoms with Gasteiger partial charge >= 0.3 is 0 Å². The molecule has 178 valence electrons. The van der Waals surface area contributed by atoms with Crippen LogP contribution in [0, 0.1) is 0 Å². The quantitative estimate of drug-likeness (QED) is 0.176. The minimum Gasteiger partial charge on any atom is -0.266 e. The summed E-state index contributed by atoms with van der Waals surface area (Å²) >= 11 is 0. The molecule has 0 amide bonds. The number of hydrogen-bond donors (Lipinski definition) is 0. The lowest BCUT2D eigenvalue weighted by Gasteiger charge is -2.04. The third-order valence-corrected chi connectivity index (χ3v) is 6.42. The van der Waals surface area contributed by atoms with Gasteiger partial charge in [-0.2, -0.15) is 8.42 Å². The highest BCUT2D eigenvalue weighted by Gasteiger charge is 2.05. The molecule has 0 fully saturated rings. The Bertz CT molecular complexity index is 758. The van der Waals surface area contributed by atoms with Crippen molar-refractivity contribution in [2.24, 2.45) is 0 Å². The molecule has 0 saturated heterocycles. The maximum absolute atomic E-state index is 11.3. The summed E-state index contributed by atoms with van der Waals surface area (Å²) in [6, 6.07) is 0. The first-order valence-electron chi connectivity index (χ1n) is 11.7. The van der Waals surface area contributed by atoms with Crippen molar-refractivity contribution in [3.8, 4) is 0 Å². The molecule has 0 aromatic carbocycles. The monoisotopic (exact) mass is 450 g/mol. The Morgan fingerprint density at radius 2 is 0.968 bits per heavy atom. The van der Waals surface area contributed by atoms with Gasteiger partial charge in [-0.05, 0) is 99.8 Å². The molecule has 0 spiro atoms. The summed E-state index contributed by atoms with van der Waals surface area (Å²) in [5, 5.41) is 0. The third kappa shape index (κ3) is 19.1. The molecule has 0 aliphatic rings. The molecule has 0 aromatic rings. The molecule has 0 unspecified atom stereocenters.